The molecule has 0 amide bonds. The number of methoxy groups -OCH3 is 3. The highest BCUT2D eigenvalue weighted by Crippen LogP contribution is 2.37. The monoisotopic (exact) mass is 658 g/mol. The Labute approximate surface area is 292 Å². The summed E-state index contributed by atoms with van der Waals surface area (Å²) < 4.78 is 17.5. The molecule has 0 atom stereocenters. The molecular formula is C44H50O5. The summed E-state index contributed by atoms with van der Waals surface area (Å²) in [5.74, 6) is 2.70. The zero-order valence-corrected chi connectivity index (χ0v) is 30.3. The first-order valence-corrected chi connectivity index (χ1v) is 17.0. The normalized spacial score (nSPS) is 11.1. The maximum absolute atomic E-state index is 10.4. The van der Waals surface area contributed by atoms with Crippen molar-refractivity contribution < 1.29 is 24.4 Å². The molecule has 5 nitrogen and oxygen atoms in total. The number of aryl methyl sites for hydroxylation is 3. The predicted molar refractivity (Wildman–Crippen MR) is 199 cm³/mol. The first-order valence-electron chi connectivity index (χ1n) is 17.0. The van der Waals surface area contributed by atoms with Gasteiger partial charge in [0, 0.05) is 24.8 Å². The van der Waals surface area contributed by atoms with Gasteiger partial charge in [-0.25, -0.2) is 0 Å². The van der Waals surface area contributed by atoms with Crippen LogP contribution in [0.4, 0.5) is 0 Å². The van der Waals surface area contributed by atoms with E-state index < -0.39 is 0 Å². The minimum Gasteiger partial charge on any atom is -0.497 e. The molecule has 0 aliphatic heterocycles. The highest BCUT2D eigenvalue weighted by Gasteiger charge is 2.20. The Kier molecular flexibility index (Phi) is 11.5. The minimum absolute atomic E-state index is 0.00396. The Morgan fingerprint density at radius 3 is 1.45 bits per heavy atom. The van der Waals surface area contributed by atoms with Crippen LogP contribution in [-0.2, 0) is 38.9 Å². The summed E-state index contributed by atoms with van der Waals surface area (Å²) in [5.41, 5.74) is 17.2. The van der Waals surface area contributed by atoms with E-state index in [1.807, 2.05) is 24.3 Å². The van der Waals surface area contributed by atoms with Crippen molar-refractivity contribution in [2.45, 2.75) is 73.5 Å². The van der Waals surface area contributed by atoms with Gasteiger partial charge in [0.15, 0.2) is 0 Å². The number of rotatable bonds is 13. The lowest BCUT2D eigenvalue weighted by molar-refractivity contribution is 0.280. The summed E-state index contributed by atoms with van der Waals surface area (Å²) in [6, 6.07) is 25.3. The average Bonchev–Trinajstić information content (AvgIpc) is 3.09. The van der Waals surface area contributed by atoms with Gasteiger partial charge in [0.25, 0.3) is 0 Å². The molecule has 0 fully saturated rings. The van der Waals surface area contributed by atoms with Gasteiger partial charge < -0.3 is 24.4 Å². The molecule has 2 N–H and O–H groups in total. The maximum atomic E-state index is 10.4. The Hall–Kier alpha value is -4.58. The van der Waals surface area contributed by atoms with Gasteiger partial charge in [-0.2, -0.15) is 0 Å². The quantitative estimate of drug-likeness (QED) is 0.133. The molecule has 5 aromatic carbocycles. The molecule has 0 unspecified atom stereocenters. The van der Waals surface area contributed by atoms with Crippen LogP contribution in [0.25, 0.3) is 0 Å². The van der Waals surface area contributed by atoms with Gasteiger partial charge in [-0.15, -0.1) is 0 Å². The molecular weight excluding hydrogens is 608 g/mol. The van der Waals surface area contributed by atoms with Crippen LogP contribution in [-0.4, -0.2) is 31.5 Å². The number of benzene rings is 5. The number of aliphatic hydroxyl groups excluding tert-OH is 2. The van der Waals surface area contributed by atoms with Crippen LogP contribution in [0.15, 0.2) is 72.8 Å². The number of hydrogen-bond donors (Lipinski definition) is 2. The molecule has 0 saturated heterocycles. The van der Waals surface area contributed by atoms with Crippen molar-refractivity contribution in [2.24, 2.45) is 0 Å². The zero-order valence-electron chi connectivity index (χ0n) is 30.3. The largest absolute Gasteiger partial charge is 0.497 e. The van der Waals surface area contributed by atoms with Gasteiger partial charge in [0.05, 0.1) is 34.5 Å². The fourth-order valence-corrected chi connectivity index (χ4v) is 7.25. The molecule has 5 aromatic rings. The molecule has 0 bridgehead atoms. The Balaban J connectivity index is 1.52. The topological polar surface area (TPSA) is 68.2 Å². The van der Waals surface area contributed by atoms with E-state index in [2.05, 4.69) is 83.1 Å². The highest BCUT2D eigenvalue weighted by atomic mass is 16.5. The second kappa shape index (κ2) is 15.8. The van der Waals surface area contributed by atoms with E-state index in [0.717, 1.165) is 81.0 Å². The molecule has 5 rings (SSSR count). The van der Waals surface area contributed by atoms with E-state index in [1.54, 1.807) is 21.3 Å². The van der Waals surface area contributed by atoms with E-state index in [1.165, 1.54) is 38.9 Å². The highest BCUT2D eigenvalue weighted by molar-refractivity contribution is 5.56. The van der Waals surface area contributed by atoms with Crippen LogP contribution < -0.4 is 14.2 Å². The first-order chi connectivity index (χ1) is 23.6. The summed E-state index contributed by atoms with van der Waals surface area (Å²) in [5, 5.41) is 19.9. The lowest BCUT2D eigenvalue weighted by atomic mass is 9.86. The average molecular weight is 659 g/mol. The van der Waals surface area contributed by atoms with Crippen molar-refractivity contribution >= 4 is 0 Å². The molecule has 0 aliphatic rings. The maximum Gasteiger partial charge on any atom is 0.125 e. The van der Waals surface area contributed by atoms with Crippen LogP contribution in [0.1, 0.15) is 83.5 Å². The Morgan fingerprint density at radius 2 is 0.939 bits per heavy atom. The van der Waals surface area contributed by atoms with Gasteiger partial charge in [0.2, 0.25) is 0 Å². The molecule has 49 heavy (non-hydrogen) atoms. The van der Waals surface area contributed by atoms with Gasteiger partial charge >= 0.3 is 0 Å². The molecule has 256 valence electrons. The van der Waals surface area contributed by atoms with Crippen LogP contribution in [0.3, 0.4) is 0 Å². The van der Waals surface area contributed by atoms with Gasteiger partial charge in [-0.3, -0.25) is 0 Å². The van der Waals surface area contributed by atoms with Crippen LogP contribution in [0.2, 0.25) is 0 Å². The summed E-state index contributed by atoms with van der Waals surface area (Å²) in [6.07, 6.45) is 2.93. The first kappa shape index (κ1) is 35.7. The predicted octanol–water partition coefficient (Wildman–Crippen LogP) is 8.60. The van der Waals surface area contributed by atoms with E-state index >= 15 is 0 Å². The summed E-state index contributed by atoms with van der Waals surface area (Å²) in [6.45, 7) is 10.8. The van der Waals surface area contributed by atoms with Crippen molar-refractivity contribution in [3.8, 4) is 17.2 Å². The second-order valence-corrected chi connectivity index (χ2v) is 13.2. The van der Waals surface area contributed by atoms with Crippen LogP contribution in [0.5, 0.6) is 17.2 Å². The second-order valence-electron chi connectivity index (χ2n) is 13.2. The summed E-state index contributed by atoms with van der Waals surface area (Å²) in [4.78, 5) is 0. The van der Waals surface area contributed by atoms with Gasteiger partial charge in [0.1, 0.15) is 17.2 Å². The smallest absolute Gasteiger partial charge is 0.125 e. The summed E-state index contributed by atoms with van der Waals surface area (Å²) in [7, 11) is 5.21. The van der Waals surface area contributed by atoms with E-state index in [0.29, 0.717) is 6.42 Å². The minimum atomic E-state index is -0.00396. The molecule has 0 aliphatic carbocycles. The molecule has 0 spiro atoms. The number of hydrogen-bond acceptors (Lipinski definition) is 5. The van der Waals surface area contributed by atoms with E-state index in [4.69, 9.17) is 14.2 Å². The molecule has 0 aromatic heterocycles. The van der Waals surface area contributed by atoms with Crippen molar-refractivity contribution in [3.63, 3.8) is 0 Å². The number of ether oxygens (including phenoxy) is 3. The van der Waals surface area contributed by atoms with E-state index in [-0.39, 0.29) is 13.2 Å². The molecule has 5 heteroatoms. The standard InChI is InChI=1S/C44H50O5/c1-27-17-37(23-35-19-28(2)42(26-46)40(30(35)4)21-32-9-11-34(25-45)12-10-32)44(49-8)38(18-27)24-36-20-29(3)43(48-7)41(31(36)5)22-33-13-15-39(47-6)16-14-33/h9-20,45-46H,21-26H2,1-8H3. The number of aliphatic hydroxyl groups is 2. The lowest BCUT2D eigenvalue weighted by Gasteiger charge is -2.22. The van der Waals surface area contributed by atoms with Crippen LogP contribution in [0, 0.1) is 34.6 Å². The molecule has 0 heterocycles. The van der Waals surface area contributed by atoms with Crippen LogP contribution >= 0.6 is 0 Å². The third kappa shape index (κ3) is 7.85. The third-order valence-electron chi connectivity index (χ3n) is 9.96. The Bertz CT molecular complexity index is 1780. The van der Waals surface area contributed by atoms with Crippen molar-refractivity contribution in [2.75, 3.05) is 21.3 Å². The summed E-state index contributed by atoms with van der Waals surface area (Å²) >= 11 is 0. The van der Waals surface area contributed by atoms with Gasteiger partial charge in [-0.1, -0.05) is 66.2 Å². The van der Waals surface area contributed by atoms with E-state index in [9.17, 15) is 10.2 Å². The lowest BCUT2D eigenvalue weighted by Crippen LogP contribution is -2.08. The third-order valence-corrected chi connectivity index (χ3v) is 9.96. The van der Waals surface area contributed by atoms with Crippen molar-refractivity contribution in [1.82, 2.24) is 0 Å². The van der Waals surface area contributed by atoms with Crippen molar-refractivity contribution in [1.29, 1.82) is 0 Å². The fraction of sp³-hybridized carbons (Fsp3) is 0.318. The Morgan fingerprint density at radius 1 is 0.449 bits per heavy atom. The zero-order chi connectivity index (χ0) is 35.2. The SMILES string of the molecule is COc1ccc(Cc2c(C)c(Cc3cc(C)cc(Cc4cc(C)c(CO)c(Cc5ccc(CO)cc5)c4C)c3OC)cc(C)c2OC)cc1. The van der Waals surface area contributed by atoms with Crippen molar-refractivity contribution in [3.05, 3.63) is 156 Å². The fourth-order valence-electron chi connectivity index (χ4n) is 7.25. The molecule has 0 radical (unpaired) electrons. The van der Waals surface area contributed by atoms with Gasteiger partial charge in [-0.05, 0) is 125 Å². The molecule has 0 saturated carbocycles.